The van der Waals surface area contributed by atoms with E-state index in [9.17, 15) is 15.3 Å². The van der Waals surface area contributed by atoms with E-state index in [-0.39, 0.29) is 5.41 Å². The van der Waals surface area contributed by atoms with Crippen molar-refractivity contribution in [1.82, 2.24) is 0 Å². The number of phenolic OH excluding ortho intramolecular Hbond substituents is 2. The van der Waals surface area contributed by atoms with E-state index < -0.39 is 0 Å². The van der Waals surface area contributed by atoms with Crippen LogP contribution in [0.1, 0.15) is 102 Å². The van der Waals surface area contributed by atoms with Crippen LogP contribution in [0, 0.1) is 10.8 Å². The minimum Gasteiger partial charge on any atom is -0.508 e. The van der Waals surface area contributed by atoms with Crippen LogP contribution >= 0.6 is 0 Å². The first kappa shape index (κ1) is 24.6. The van der Waals surface area contributed by atoms with Crippen molar-refractivity contribution in [3.63, 3.8) is 0 Å². The van der Waals surface area contributed by atoms with E-state index in [0.717, 1.165) is 25.7 Å². The second kappa shape index (κ2) is 10.7. The molecule has 0 saturated heterocycles. The van der Waals surface area contributed by atoms with Gasteiger partial charge in [-0.05, 0) is 109 Å². The molecule has 2 aromatic carbocycles. The zero-order chi connectivity index (χ0) is 23.2. The minimum absolute atomic E-state index is 0.132. The van der Waals surface area contributed by atoms with Crippen LogP contribution in [-0.4, -0.2) is 21.9 Å². The van der Waals surface area contributed by atoms with Crippen molar-refractivity contribution in [2.24, 2.45) is 10.8 Å². The molecular weight excluding hydrogens is 396 g/mol. The van der Waals surface area contributed by atoms with Gasteiger partial charge >= 0.3 is 0 Å². The van der Waals surface area contributed by atoms with Gasteiger partial charge in [0.05, 0.1) is 0 Å². The van der Waals surface area contributed by atoms with Crippen molar-refractivity contribution in [2.75, 3.05) is 6.61 Å². The van der Waals surface area contributed by atoms with Gasteiger partial charge in [-0.3, -0.25) is 0 Å². The maximum absolute atomic E-state index is 9.31. The predicted octanol–water partition coefficient (Wildman–Crippen LogP) is 7.51. The number of phenols is 2. The van der Waals surface area contributed by atoms with Gasteiger partial charge in [-0.15, -0.1) is 0 Å². The summed E-state index contributed by atoms with van der Waals surface area (Å²) in [6, 6.07) is 15.3. The Morgan fingerprint density at radius 3 is 1.31 bits per heavy atom. The van der Waals surface area contributed by atoms with Crippen LogP contribution in [0.4, 0.5) is 0 Å². The van der Waals surface area contributed by atoms with Gasteiger partial charge in [0.1, 0.15) is 11.5 Å². The number of hydrogen-bond acceptors (Lipinski definition) is 3. The van der Waals surface area contributed by atoms with Gasteiger partial charge in [0.2, 0.25) is 0 Å². The van der Waals surface area contributed by atoms with Crippen LogP contribution in [0.2, 0.25) is 0 Å². The molecule has 0 aromatic heterocycles. The molecule has 2 aromatic rings. The number of aromatic hydroxyl groups is 2. The molecule has 4 rings (SSSR count). The van der Waals surface area contributed by atoms with Crippen molar-refractivity contribution >= 4 is 0 Å². The first-order valence-corrected chi connectivity index (χ1v) is 12.4. The number of hydrogen-bond donors (Lipinski definition) is 3. The zero-order valence-corrected chi connectivity index (χ0v) is 20.2. The lowest BCUT2D eigenvalue weighted by molar-refractivity contribution is 0.0935. The van der Waals surface area contributed by atoms with E-state index >= 15 is 0 Å². The third-order valence-corrected chi connectivity index (χ3v) is 8.35. The molecule has 0 radical (unpaired) electrons. The van der Waals surface area contributed by atoms with Crippen molar-refractivity contribution in [2.45, 2.75) is 90.4 Å². The van der Waals surface area contributed by atoms with Crippen molar-refractivity contribution in [3.8, 4) is 11.5 Å². The topological polar surface area (TPSA) is 60.7 Å². The molecule has 3 nitrogen and oxygen atoms in total. The summed E-state index contributed by atoms with van der Waals surface area (Å²) in [7, 11) is 0. The summed E-state index contributed by atoms with van der Waals surface area (Å²) in [5.41, 5.74) is 3.43. The maximum atomic E-state index is 9.31. The van der Waals surface area contributed by atoms with E-state index in [1.54, 1.807) is 12.1 Å². The number of aliphatic hydroxyl groups excluding tert-OH is 1. The molecule has 176 valence electrons. The molecule has 0 unspecified atom stereocenters. The monoisotopic (exact) mass is 438 g/mol. The first-order chi connectivity index (χ1) is 15.3. The van der Waals surface area contributed by atoms with E-state index in [0.29, 0.717) is 35.4 Å². The lowest BCUT2D eigenvalue weighted by atomic mass is 9.69. The average molecular weight is 439 g/mol. The van der Waals surface area contributed by atoms with Crippen LogP contribution in [0.15, 0.2) is 48.5 Å². The third-order valence-electron chi connectivity index (χ3n) is 8.35. The normalized spacial score (nSPS) is 30.2. The first-order valence-electron chi connectivity index (χ1n) is 12.4. The van der Waals surface area contributed by atoms with Crippen molar-refractivity contribution in [3.05, 3.63) is 59.7 Å². The molecule has 0 atom stereocenters. The van der Waals surface area contributed by atoms with E-state index in [4.69, 9.17) is 0 Å². The van der Waals surface area contributed by atoms with E-state index in [1.165, 1.54) is 43.2 Å². The molecule has 0 bridgehead atoms. The van der Waals surface area contributed by atoms with Crippen molar-refractivity contribution < 1.29 is 15.3 Å². The highest BCUT2D eigenvalue weighted by Gasteiger charge is 2.31. The average Bonchev–Trinajstić information content (AvgIpc) is 2.82. The van der Waals surface area contributed by atoms with Crippen LogP contribution < -0.4 is 0 Å². The van der Waals surface area contributed by atoms with Gasteiger partial charge in [0, 0.05) is 6.61 Å². The molecule has 3 N–H and O–H groups in total. The largest absolute Gasteiger partial charge is 0.508 e. The molecular formula is C29H42O3. The highest BCUT2D eigenvalue weighted by Crippen LogP contribution is 2.45. The summed E-state index contributed by atoms with van der Waals surface area (Å²) >= 11 is 0. The number of rotatable bonds is 4. The predicted molar refractivity (Wildman–Crippen MR) is 132 cm³/mol. The maximum Gasteiger partial charge on any atom is 0.115 e. The van der Waals surface area contributed by atoms with Crippen LogP contribution in [0.3, 0.4) is 0 Å². The van der Waals surface area contributed by atoms with Gasteiger partial charge < -0.3 is 15.3 Å². The van der Waals surface area contributed by atoms with Crippen molar-refractivity contribution in [1.29, 1.82) is 0 Å². The highest BCUT2D eigenvalue weighted by atomic mass is 16.3. The molecule has 3 heteroatoms. The second-order valence-electron chi connectivity index (χ2n) is 10.9. The molecule has 2 fully saturated rings. The minimum atomic E-state index is 0.132. The fourth-order valence-electron chi connectivity index (χ4n) is 5.30. The van der Waals surface area contributed by atoms with Crippen LogP contribution in [-0.2, 0) is 0 Å². The molecule has 2 saturated carbocycles. The van der Waals surface area contributed by atoms with Gasteiger partial charge in [0.15, 0.2) is 0 Å². The third kappa shape index (κ3) is 6.51. The van der Waals surface area contributed by atoms with Gasteiger partial charge in [-0.1, -0.05) is 51.5 Å². The van der Waals surface area contributed by atoms with Gasteiger partial charge in [-0.2, -0.15) is 0 Å². The summed E-state index contributed by atoms with van der Waals surface area (Å²) in [5, 5.41) is 27.8. The SMILES string of the molecule is CC1(CO)CCC(c2ccc(O)cc2)CC1.CCC1(C)CCC(c2ccc(O)cc2)CC1. The Hall–Kier alpha value is -2.00. The van der Waals surface area contributed by atoms with Crippen LogP contribution in [0.5, 0.6) is 11.5 Å². The van der Waals surface area contributed by atoms with Gasteiger partial charge in [-0.25, -0.2) is 0 Å². The molecule has 32 heavy (non-hydrogen) atoms. The quantitative estimate of drug-likeness (QED) is 0.463. The Kier molecular flexibility index (Phi) is 8.27. The lowest BCUT2D eigenvalue weighted by Crippen LogP contribution is -2.27. The molecule has 0 aliphatic heterocycles. The lowest BCUT2D eigenvalue weighted by Gasteiger charge is -2.36. The summed E-state index contributed by atoms with van der Waals surface area (Å²) < 4.78 is 0. The van der Waals surface area contributed by atoms with Gasteiger partial charge in [0.25, 0.3) is 0 Å². The van der Waals surface area contributed by atoms with E-state index in [1.807, 2.05) is 24.3 Å². The Bertz CT molecular complexity index is 737. The Morgan fingerprint density at radius 1 is 0.656 bits per heavy atom. The molecule has 0 amide bonds. The molecule has 2 aliphatic rings. The smallest absolute Gasteiger partial charge is 0.115 e. The number of aliphatic hydroxyl groups is 1. The fourth-order valence-corrected chi connectivity index (χ4v) is 5.30. The zero-order valence-electron chi connectivity index (χ0n) is 20.2. The Labute approximate surface area is 194 Å². The van der Waals surface area contributed by atoms with Crippen LogP contribution in [0.25, 0.3) is 0 Å². The summed E-state index contributed by atoms with van der Waals surface area (Å²) in [4.78, 5) is 0. The highest BCUT2D eigenvalue weighted by molar-refractivity contribution is 5.29. The standard InChI is InChI=1S/C15H22O.C14H20O2/c1-3-15(2)10-8-13(9-11-15)12-4-6-14(16)7-5-12;1-14(10-15)8-6-12(7-9-14)11-2-4-13(16)5-3-11/h4-7,13,16H,3,8-11H2,1-2H3;2-5,12,15-16H,6-10H2,1H3. The Morgan fingerprint density at radius 2 is 1.00 bits per heavy atom. The summed E-state index contributed by atoms with van der Waals surface area (Å²) in [6.07, 6.45) is 11.1. The summed E-state index contributed by atoms with van der Waals surface area (Å²) in [6.45, 7) is 7.19. The van der Waals surface area contributed by atoms with E-state index in [2.05, 4.69) is 32.9 Å². The number of benzene rings is 2. The molecule has 2 aliphatic carbocycles. The summed E-state index contributed by atoms with van der Waals surface area (Å²) in [5.74, 6) is 2.01. The second-order valence-corrected chi connectivity index (χ2v) is 10.9. The molecule has 0 spiro atoms. The molecule has 0 heterocycles. The Balaban J connectivity index is 0.000000181. The fraction of sp³-hybridized carbons (Fsp3) is 0.586.